The van der Waals surface area contributed by atoms with Gasteiger partial charge in [0.05, 0.1) is 18.7 Å². The molecule has 2 rings (SSSR count). The second-order valence-corrected chi connectivity index (χ2v) is 6.56. The van der Waals surface area contributed by atoms with Crippen molar-refractivity contribution in [3.8, 4) is 5.75 Å². The Bertz CT molecular complexity index is 592. The number of halogens is 1. The van der Waals surface area contributed by atoms with E-state index in [1.165, 1.54) is 12.1 Å². The fourth-order valence-corrected chi connectivity index (χ4v) is 1.94. The average Bonchev–Trinajstić information content (AvgIpc) is 2.87. The van der Waals surface area contributed by atoms with Crippen LogP contribution < -0.4 is 0 Å². The van der Waals surface area contributed by atoms with Gasteiger partial charge in [-0.3, -0.25) is 4.79 Å². The van der Waals surface area contributed by atoms with Gasteiger partial charge in [-0.2, -0.15) is 0 Å². The molecule has 1 N–H and O–H groups in total. The number of esters is 1. The zero-order valence-electron chi connectivity index (χ0n) is 12.9. The van der Waals surface area contributed by atoms with Crippen LogP contribution in [0.4, 0.5) is 4.39 Å². The smallest absolute Gasteiger partial charge is 0.309 e. The van der Waals surface area contributed by atoms with E-state index in [1.807, 2.05) is 20.8 Å². The summed E-state index contributed by atoms with van der Waals surface area (Å²) in [5.41, 5.74) is 0.991. The molecule has 22 heavy (non-hydrogen) atoms. The van der Waals surface area contributed by atoms with Gasteiger partial charge in [0, 0.05) is 12.0 Å². The van der Waals surface area contributed by atoms with Gasteiger partial charge in [-0.25, -0.2) is 4.39 Å². The van der Waals surface area contributed by atoms with Crippen molar-refractivity contribution in [1.82, 2.24) is 0 Å². The first-order valence-corrected chi connectivity index (χ1v) is 7.12. The monoisotopic (exact) mass is 309 g/mol. The van der Waals surface area contributed by atoms with Crippen molar-refractivity contribution in [2.45, 2.75) is 39.7 Å². The molecule has 6 heteroatoms. The maximum absolute atomic E-state index is 13.3. The van der Waals surface area contributed by atoms with Crippen LogP contribution in [0, 0.1) is 11.2 Å². The molecule has 1 atom stereocenters. The van der Waals surface area contributed by atoms with Crippen LogP contribution in [0.2, 0.25) is 0 Å². The van der Waals surface area contributed by atoms with Crippen LogP contribution in [-0.4, -0.2) is 29.5 Å². The minimum Gasteiger partial charge on any atom is -0.505 e. The molecule has 1 aromatic rings. The first-order chi connectivity index (χ1) is 10.2. The van der Waals surface area contributed by atoms with Crippen LogP contribution >= 0.6 is 0 Å². The Balaban J connectivity index is 1.87. The van der Waals surface area contributed by atoms with Crippen LogP contribution in [0.3, 0.4) is 0 Å². The van der Waals surface area contributed by atoms with E-state index in [0.717, 1.165) is 0 Å². The number of nitrogens with zero attached hydrogens (tertiary/aromatic N) is 1. The molecule has 0 unspecified atom stereocenters. The lowest BCUT2D eigenvalue weighted by Crippen LogP contribution is -2.22. The molecular weight excluding hydrogens is 289 g/mol. The van der Waals surface area contributed by atoms with Crippen molar-refractivity contribution in [1.29, 1.82) is 0 Å². The summed E-state index contributed by atoms with van der Waals surface area (Å²) in [5.74, 6) is -1.47. The van der Waals surface area contributed by atoms with Gasteiger partial charge in [0.15, 0.2) is 11.6 Å². The number of oxime groups is 1. The predicted molar refractivity (Wildman–Crippen MR) is 79.1 cm³/mol. The van der Waals surface area contributed by atoms with Gasteiger partial charge in [0.1, 0.15) is 6.10 Å². The largest absolute Gasteiger partial charge is 0.505 e. The maximum atomic E-state index is 13.3. The number of carbonyl (C=O) groups excluding carboxylic acids is 1. The second-order valence-electron chi connectivity index (χ2n) is 6.56. The number of carbonyl (C=O) groups is 1. The zero-order chi connectivity index (χ0) is 16.3. The normalized spacial score (nSPS) is 17.8. The molecule has 0 aromatic heterocycles. The number of ether oxygens (including phenoxy) is 1. The summed E-state index contributed by atoms with van der Waals surface area (Å²) in [4.78, 5) is 16.9. The molecule has 1 heterocycles. The van der Waals surface area contributed by atoms with Gasteiger partial charge >= 0.3 is 5.97 Å². The van der Waals surface area contributed by atoms with Crippen LogP contribution in [0.5, 0.6) is 5.75 Å². The second kappa shape index (κ2) is 6.34. The highest BCUT2D eigenvalue weighted by Gasteiger charge is 2.26. The summed E-state index contributed by atoms with van der Waals surface area (Å²) in [7, 11) is 0. The van der Waals surface area contributed by atoms with Crippen LogP contribution in [0.1, 0.15) is 39.2 Å². The Morgan fingerprint density at radius 3 is 2.86 bits per heavy atom. The van der Waals surface area contributed by atoms with E-state index in [2.05, 4.69) is 5.16 Å². The molecule has 0 saturated carbocycles. The summed E-state index contributed by atoms with van der Waals surface area (Å²) in [6.07, 6.45) is 0.0951. The van der Waals surface area contributed by atoms with E-state index < -0.39 is 17.7 Å². The highest BCUT2D eigenvalue weighted by atomic mass is 19.1. The minimum absolute atomic E-state index is 0.0859. The zero-order valence-corrected chi connectivity index (χ0v) is 12.9. The Labute approximate surface area is 128 Å². The third-order valence-electron chi connectivity index (χ3n) is 3.07. The van der Waals surface area contributed by atoms with E-state index in [9.17, 15) is 14.3 Å². The number of phenolic OH excluding ortho intramolecular Hbond substituents is 1. The standard InChI is InChI=1S/C16H20FNO4/c1-16(2,3)9-21-15(20)8-11-7-13(18-22-11)10-4-5-14(19)12(17)6-10/h4-6,11,19H,7-9H2,1-3H3/t11-/m1/s1. The lowest BCUT2D eigenvalue weighted by molar-refractivity contribution is -0.149. The quantitative estimate of drug-likeness (QED) is 0.868. The summed E-state index contributed by atoms with van der Waals surface area (Å²) in [5, 5.41) is 13.1. The molecule has 0 bridgehead atoms. The van der Waals surface area contributed by atoms with Gasteiger partial charge < -0.3 is 14.7 Å². The van der Waals surface area contributed by atoms with Gasteiger partial charge in [0.25, 0.3) is 0 Å². The fraction of sp³-hybridized carbons (Fsp3) is 0.500. The molecule has 0 fully saturated rings. The highest BCUT2D eigenvalue weighted by molar-refractivity contribution is 6.01. The fourth-order valence-electron chi connectivity index (χ4n) is 1.94. The van der Waals surface area contributed by atoms with Crippen LogP contribution in [0.25, 0.3) is 0 Å². The van der Waals surface area contributed by atoms with E-state index in [1.54, 1.807) is 6.07 Å². The topological polar surface area (TPSA) is 68.1 Å². The number of benzene rings is 1. The van der Waals surface area contributed by atoms with Crippen molar-refractivity contribution < 1.29 is 23.9 Å². The number of hydrogen-bond donors (Lipinski definition) is 1. The number of phenols is 1. The van der Waals surface area contributed by atoms with Crippen LogP contribution in [-0.2, 0) is 14.4 Å². The van der Waals surface area contributed by atoms with Gasteiger partial charge in [-0.05, 0) is 23.6 Å². The van der Waals surface area contributed by atoms with Crippen molar-refractivity contribution in [3.05, 3.63) is 29.6 Å². The molecule has 0 saturated heterocycles. The van der Waals surface area contributed by atoms with E-state index in [0.29, 0.717) is 24.3 Å². The third kappa shape index (κ3) is 4.44. The van der Waals surface area contributed by atoms with Crippen molar-refractivity contribution in [2.24, 2.45) is 10.6 Å². The molecule has 120 valence electrons. The first-order valence-electron chi connectivity index (χ1n) is 7.12. The first kappa shape index (κ1) is 16.3. The molecule has 0 radical (unpaired) electrons. The summed E-state index contributed by atoms with van der Waals surface area (Å²) in [6, 6.07) is 4.01. The molecule has 0 aliphatic carbocycles. The summed E-state index contributed by atoms with van der Waals surface area (Å²) < 4.78 is 18.5. The number of rotatable bonds is 4. The van der Waals surface area contributed by atoms with E-state index in [4.69, 9.17) is 9.57 Å². The van der Waals surface area contributed by atoms with Crippen LogP contribution in [0.15, 0.2) is 23.4 Å². The molecule has 0 amide bonds. The number of aromatic hydroxyl groups is 1. The Morgan fingerprint density at radius 1 is 1.50 bits per heavy atom. The Hall–Kier alpha value is -2.11. The average molecular weight is 309 g/mol. The Morgan fingerprint density at radius 2 is 2.23 bits per heavy atom. The third-order valence-corrected chi connectivity index (χ3v) is 3.07. The van der Waals surface area contributed by atoms with Gasteiger partial charge in [-0.15, -0.1) is 0 Å². The predicted octanol–water partition coefficient (Wildman–Crippen LogP) is 3.00. The van der Waals surface area contributed by atoms with Crippen molar-refractivity contribution in [2.75, 3.05) is 6.61 Å². The summed E-state index contributed by atoms with van der Waals surface area (Å²) in [6.45, 7) is 6.28. The molecular formula is C16H20FNO4. The van der Waals surface area contributed by atoms with E-state index in [-0.39, 0.29) is 17.8 Å². The van der Waals surface area contributed by atoms with E-state index >= 15 is 0 Å². The summed E-state index contributed by atoms with van der Waals surface area (Å²) >= 11 is 0. The van der Waals surface area contributed by atoms with Gasteiger partial charge in [-0.1, -0.05) is 25.9 Å². The lowest BCUT2D eigenvalue weighted by Gasteiger charge is -2.18. The number of hydrogen-bond acceptors (Lipinski definition) is 5. The molecule has 1 aliphatic heterocycles. The SMILES string of the molecule is CC(C)(C)COC(=O)C[C@H]1CC(c2ccc(O)c(F)c2)=NO1. The maximum Gasteiger partial charge on any atom is 0.309 e. The van der Waals surface area contributed by atoms with Crippen molar-refractivity contribution >= 4 is 11.7 Å². The highest BCUT2D eigenvalue weighted by Crippen LogP contribution is 2.23. The molecule has 5 nitrogen and oxygen atoms in total. The molecule has 1 aromatic carbocycles. The lowest BCUT2D eigenvalue weighted by atomic mass is 9.98. The minimum atomic E-state index is -0.715. The van der Waals surface area contributed by atoms with Gasteiger partial charge in [0.2, 0.25) is 0 Å². The molecule has 0 spiro atoms. The van der Waals surface area contributed by atoms with Crippen molar-refractivity contribution in [3.63, 3.8) is 0 Å². The molecule has 1 aliphatic rings. The Kier molecular flexibility index (Phi) is 4.68.